The van der Waals surface area contributed by atoms with Gasteiger partial charge >= 0.3 is 0 Å². The molecule has 7 heteroatoms. The van der Waals surface area contributed by atoms with Gasteiger partial charge in [0.1, 0.15) is 5.82 Å². The molecule has 1 fully saturated rings. The van der Waals surface area contributed by atoms with E-state index in [1.807, 2.05) is 7.05 Å². The lowest BCUT2D eigenvalue weighted by Crippen LogP contribution is -2.45. The summed E-state index contributed by atoms with van der Waals surface area (Å²) in [5, 5.41) is 12.3. The zero-order chi connectivity index (χ0) is 17.1. The minimum atomic E-state index is -0.502. The van der Waals surface area contributed by atoms with E-state index >= 15 is 0 Å². The Bertz CT molecular complexity index is 745. The summed E-state index contributed by atoms with van der Waals surface area (Å²) < 4.78 is 13.7. The van der Waals surface area contributed by atoms with Gasteiger partial charge in [0.2, 0.25) is 0 Å². The van der Waals surface area contributed by atoms with E-state index in [0.29, 0.717) is 5.69 Å². The molecule has 1 saturated heterocycles. The van der Waals surface area contributed by atoms with Gasteiger partial charge in [-0.05, 0) is 37.4 Å². The Kier molecular flexibility index (Phi) is 4.61. The molecule has 0 radical (unpaired) electrons. The van der Waals surface area contributed by atoms with E-state index in [1.165, 1.54) is 24.4 Å². The van der Waals surface area contributed by atoms with Crippen LogP contribution < -0.4 is 10.2 Å². The van der Waals surface area contributed by atoms with E-state index in [0.717, 1.165) is 26.2 Å². The number of amides is 1. The fourth-order valence-electron chi connectivity index (χ4n) is 2.68. The van der Waals surface area contributed by atoms with Crippen molar-refractivity contribution in [2.75, 3.05) is 43.4 Å². The number of nitrogens with zero attached hydrogens (tertiary/aromatic N) is 3. The smallest absolute Gasteiger partial charge is 0.259 e. The highest BCUT2D eigenvalue weighted by Crippen LogP contribution is 2.25. The molecule has 1 aromatic carbocycles. The monoisotopic (exact) mass is 330 g/mol. The molecule has 0 saturated carbocycles. The number of hydrogen-bond acceptors (Lipinski definition) is 5. The van der Waals surface area contributed by atoms with Gasteiger partial charge in [-0.25, -0.2) is 9.37 Å². The molecule has 126 valence electrons. The topological polar surface area (TPSA) is 68.7 Å². The lowest BCUT2D eigenvalue weighted by atomic mass is 10.1. The zero-order valence-corrected chi connectivity index (χ0v) is 13.4. The average molecular weight is 330 g/mol. The maximum Gasteiger partial charge on any atom is 0.259 e. The first-order valence-electron chi connectivity index (χ1n) is 7.73. The van der Waals surface area contributed by atoms with Crippen LogP contribution in [-0.2, 0) is 0 Å². The molecule has 0 aliphatic carbocycles. The fourth-order valence-corrected chi connectivity index (χ4v) is 2.68. The number of nitrogens with one attached hydrogen (secondary N) is 1. The molecule has 24 heavy (non-hydrogen) atoms. The number of halogens is 1. The van der Waals surface area contributed by atoms with Crippen LogP contribution >= 0.6 is 0 Å². The van der Waals surface area contributed by atoms with Crippen molar-refractivity contribution in [1.29, 1.82) is 0 Å². The van der Waals surface area contributed by atoms with Gasteiger partial charge in [-0.3, -0.25) is 4.79 Å². The predicted molar refractivity (Wildman–Crippen MR) is 90.0 cm³/mol. The van der Waals surface area contributed by atoms with Crippen molar-refractivity contribution in [3.63, 3.8) is 0 Å². The van der Waals surface area contributed by atoms with Crippen LogP contribution in [0.3, 0.4) is 0 Å². The minimum absolute atomic E-state index is 0.0519. The van der Waals surface area contributed by atoms with E-state index in [2.05, 4.69) is 20.1 Å². The summed E-state index contributed by atoms with van der Waals surface area (Å²) in [6.45, 7) is 3.27. The second-order valence-electron chi connectivity index (χ2n) is 5.78. The highest BCUT2D eigenvalue weighted by Gasteiger charge is 2.21. The Morgan fingerprint density at radius 3 is 2.71 bits per heavy atom. The quantitative estimate of drug-likeness (QED) is 0.900. The van der Waals surface area contributed by atoms with Crippen LogP contribution in [0.4, 0.5) is 15.9 Å². The van der Waals surface area contributed by atoms with Crippen molar-refractivity contribution in [1.82, 2.24) is 9.88 Å². The van der Waals surface area contributed by atoms with Gasteiger partial charge in [-0.2, -0.15) is 0 Å². The van der Waals surface area contributed by atoms with E-state index in [4.69, 9.17) is 0 Å². The fraction of sp³-hybridized carbons (Fsp3) is 0.294. The van der Waals surface area contributed by atoms with Gasteiger partial charge in [0.25, 0.3) is 5.91 Å². The number of carbonyl (C=O) groups is 1. The average Bonchev–Trinajstić information content (AvgIpc) is 2.58. The first kappa shape index (κ1) is 16.2. The van der Waals surface area contributed by atoms with Gasteiger partial charge in [0.15, 0.2) is 11.6 Å². The minimum Gasteiger partial charge on any atom is -0.504 e. The van der Waals surface area contributed by atoms with Crippen LogP contribution in [-0.4, -0.2) is 54.1 Å². The zero-order valence-electron chi connectivity index (χ0n) is 13.4. The number of likely N-dealkylation sites (N-methyl/N-ethyl adjacent to an activating group) is 1. The molecule has 2 heterocycles. The molecule has 1 aliphatic heterocycles. The lowest BCUT2D eigenvalue weighted by molar-refractivity contribution is 0.102. The molecule has 0 spiro atoms. The second kappa shape index (κ2) is 6.84. The first-order chi connectivity index (χ1) is 11.5. The number of rotatable bonds is 3. The first-order valence-corrected chi connectivity index (χ1v) is 7.73. The third-order valence-corrected chi connectivity index (χ3v) is 4.07. The van der Waals surface area contributed by atoms with Crippen molar-refractivity contribution < 1.29 is 14.3 Å². The van der Waals surface area contributed by atoms with Crippen molar-refractivity contribution in [2.24, 2.45) is 0 Å². The molecular weight excluding hydrogens is 311 g/mol. The van der Waals surface area contributed by atoms with E-state index < -0.39 is 11.7 Å². The molecule has 1 aliphatic rings. The number of benzene rings is 1. The molecule has 3 rings (SSSR count). The van der Waals surface area contributed by atoms with Crippen LogP contribution in [0.25, 0.3) is 0 Å². The van der Waals surface area contributed by atoms with Crippen LogP contribution in [0.2, 0.25) is 0 Å². The maximum absolute atomic E-state index is 13.7. The highest BCUT2D eigenvalue weighted by atomic mass is 19.1. The maximum atomic E-state index is 13.7. The van der Waals surface area contributed by atoms with Crippen molar-refractivity contribution >= 4 is 17.4 Å². The number of hydrogen-bond donors (Lipinski definition) is 2. The van der Waals surface area contributed by atoms with E-state index in [-0.39, 0.29) is 17.1 Å². The third kappa shape index (κ3) is 3.46. The Labute approximate surface area is 139 Å². The van der Waals surface area contributed by atoms with Crippen LogP contribution in [0.5, 0.6) is 5.75 Å². The Balaban J connectivity index is 1.87. The van der Waals surface area contributed by atoms with Gasteiger partial charge < -0.3 is 20.2 Å². The van der Waals surface area contributed by atoms with Crippen molar-refractivity contribution in [3.05, 3.63) is 47.9 Å². The molecule has 0 atom stereocenters. The van der Waals surface area contributed by atoms with Crippen LogP contribution in [0.1, 0.15) is 10.4 Å². The number of anilines is 2. The van der Waals surface area contributed by atoms with E-state index in [9.17, 15) is 14.3 Å². The van der Waals surface area contributed by atoms with Crippen LogP contribution in [0, 0.1) is 5.82 Å². The summed E-state index contributed by atoms with van der Waals surface area (Å²) in [6.07, 6.45) is 1.46. The van der Waals surface area contributed by atoms with Crippen molar-refractivity contribution in [3.8, 4) is 5.75 Å². The lowest BCUT2D eigenvalue weighted by Gasteiger charge is -2.35. The van der Waals surface area contributed by atoms with Gasteiger partial charge in [0, 0.05) is 38.1 Å². The van der Waals surface area contributed by atoms with Crippen LogP contribution in [0.15, 0.2) is 36.5 Å². The molecule has 2 N–H and O–H groups in total. The Hall–Kier alpha value is -2.67. The summed E-state index contributed by atoms with van der Waals surface area (Å²) >= 11 is 0. The summed E-state index contributed by atoms with van der Waals surface area (Å²) in [5.41, 5.74) is 0.905. The Morgan fingerprint density at radius 1 is 1.25 bits per heavy atom. The number of piperazine rings is 1. The van der Waals surface area contributed by atoms with Gasteiger partial charge in [-0.1, -0.05) is 0 Å². The van der Waals surface area contributed by atoms with Crippen molar-refractivity contribution in [2.45, 2.75) is 0 Å². The summed E-state index contributed by atoms with van der Waals surface area (Å²) in [6, 6.07) is 7.16. The SMILES string of the molecule is CN1CCN(c2ccc(F)cc2C(=O)Nc2ncccc2O)CC1. The molecule has 6 nitrogen and oxygen atoms in total. The summed E-state index contributed by atoms with van der Waals surface area (Å²) in [5.74, 6) is -1.07. The molecule has 0 unspecified atom stereocenters. The second-order valence-corrected chi connectivity index (χ2v) is 5.78. The number of aromatic nitrogens is 1. The normalized spacial score (nSPS) is 15.3. The summed E-state index contributed by atoms with van der Waals surface area (Å²) in [7, 11) is 2.04. The number of aromatic hydroxyl groups is 1. The molecule has 1 aromatic heterocycles. The number of pyridine rings is 1. The largest absolute Gasteiger partial charge is 0.504 e. The number of carbonyl (C=O) groups excluding carboxylic acids is 1. The third-order valence-electron chi connectivity index (χ3n) is 4.07. The summed E-state index contributed by atoms with van der Waals surface area (Å²) in [4.78, 5) is 20.8. The molecule has 1 amide bonds. The molecule has 0 bridgehead atoms. The predicted octanol–water partition coefficient (Wildman–Crippen LogP) is 1.93. The van der Waals surface area contributed by atoms with E-state index in [1.54, 1.807) is 12.1 Å². The molecular formula is C17H19FN4O2. The standard InChI is InChI=1S/C17H19FN4O2/c1-21-7-9-22(10-8-21)14-5-4-12(18)11-13(14)17(24)20-16-15(23)3-2-6-19-16/h2-6,11,23H,7-10H2,1H3,(H,19,20,24). The Morgan fingerprint density at radius 2 is 2.00 bits per heavy atom. The molecule has 2 aromatic rings. The van der Waals surface area contributed by atoms with Gasteiger partial charge in [0.05, 0.1) is 5.56 Å². The highest BCUT2D eigenvalue weighted by molar-refractivity contribution is 6.08. The van der Waals surface area contributed by atoms with Gasteiger partial charge in [-0.15, -0.1) is 0 Å².